The number of fused-ring (bicyclic) bond motifs is 2. The van der Waals surface area contributed by atoms with Gasteiger partial charge in [-0.15, -0.1) is 0 Å². The monoisotopic (exact) mass is 272 g/mol. The Morgan fingerprint density at radius 2 is 2.40 bits per heavy atom. The summed E-state index contributed by atoms with van der Waals surface area (Å²) in [6.45, 7) is 3.32. The van der Waals surface area contributed by atoms with Crippen LogP contribution in [0.5, 0.6) is 0 Å². The van der Waals surface area contributed by atoms with Crippen LogP contribution >= 0.6 is 0 Å². The van der Waals surface area contributed by atoms with Crippen molar-refractivity contribution in [3.8, 4) is 0 Å². The summed E-state index contributed by atoms with van der Waals surface area (Å²) in [5.74, 6) is 1.56. The smallest absolute Gasteiger partial charge is 0.330 e. The summed E-state index contributed by atoms with van der Waals surface area (Å²) >= 11 is 0. The molecular weight excluding hydrogens is 252 g/mol. The Labute approximate surface area is 119 Å². The summed E-state index contributed by atoms with van der Waals surface area (Å²) in [6, 6.07) is 6.63. The molecule has 1 aliphatic carbocycles. The van der Waals surface area contributed by atoms with Crippen molar-refractivity contribution >= 4 is 17.9 Å². The number of pyridine rings is 1. The van der Waals surface area contributed by atoms with Crippen LogP contribution in [0, 0.1) is 5.92 Å². The predicted octanol–water partition coefficient (Wildman–Crippen LogP) is 2.65. The molecule has 3 rings (SSSR count). The lowest BCUT2D eigenvalue weighted by molar-refractivity contribution is -0.137. The molecule has 0 unspecified atom stereocenters. The molecule has 20 heavy (non-hydrogen) atoms. The van der Waals surface area contributed by atoms with Crippen molar-refractivity contribution in [1.29, 1.82) is 0 Å². The van der Waals surface area contributed by atoms with Gasteiger partial charge in [0.25, 0.3) is 0 Å². The number of piperidine rings is 1. The zero-order chi connectivity index (χ0) is 13.9. The molecule has 0 amide bonds. The van der Waals surface area contributed by atoms with Crippen molar-refractivity contribution in [1.82, 2.24) is 4.98 Å². The molecule has 1 aromatic heterocycles. The Bertz CT molecular complexity index is 527. The third-order valence-corrected chi connectivity index (χ3v) is 4.14. The molecule has 2 heterocycles. The Morgan fingerprint density at radius 1 is 1.50 bits per heavy atom. The van der Waals surface area contributed by atoms with Gasteiger partial charge < -0.3 is 9.64 Å². The molecule has 4 heteroatoms. The molecule has 0 radical (unpaired) electrons. The van der Waals surface area contributed by atoms with Crippen LogP contribution in [-0.2, 0) is 9.53 Å². The van der Waals surface area contributed by atoms with E-state index in [2.05, 4.69) is 16.0 Å². The van der Waals surface area contributed by atoms with Crippen LogP contribution in [0.3, 0.4) is 0 Å². The van der Waals surface area contributed by atoms with Gasteiger partial charge in [-0.2, -0.15) is 0 Å². The van der Waals surface area contributed by atoms with Crippen LogP contribution < -0.4 is 4.90 Å². The van der Waals surface area contributed by atoms with Gasteiger partial charge in [-0.25, -0.2) is 9.78 Å². The van der Waals surface area contributed by atoms with Gasteiger partial charge in [0.1, 0.15) is 5.82 Å². The van der Waals surface area contributed by atoms with E-state index in [1.165, 1.54) is 25.3 Å². The summed E-state index contributed by atoms with van der Waals surface area (Å²) in [6.07, 6.45) is 7.12. The Morgan fingerprint density at radius 3 is 3.10 bits per heavy atom. The largest absolute Gasteiger partial charge is 0.463 e. The summed E-state index contributed by atoms with van der Waals surface area (Å²) in [7, 11) is 0. The minimum absolute atomic E-state index is 0.320. The number of nitrogens with zero attached hydrogens (tertiary/aromatic N) is 2. The molecule has 1 saturated carbocycles. The summed E-state index contributed by atoms with van der Waals surface area (Å²) in [5.41, 5.74) is 0.804. The second-order valence-corrected chi connectivity index (χ2v) is 5.49. The van der Waals surface area contributed by atoms with E-state index < -0.39 is 0 Å². The molecule has 106 valence electrons. The van der Waals surface area contributed by atoms with E-state index in [4.69, 9.17) is 4.74 Å². The van der Waals surface area contributed by atoms with Crippen molar-refractivity contribution in [2.75, 3.05) is 18.1 Å². The predicted molar refractivity (Wildman–Crippen MR) is 78.4 cm³/mol. The molecule has 1 saturated heterocycles. The number of carbonyl (C=O) groups excluding carboxylic acids is 1. The van der Waals surface area contributed by atoms with Gasteiger partial charge in [-0.1, -0.05) is 6.07 Å². The zero-order valence-electron chi connectivity index (χ0n) is 11.8. The van der Waals surface area contributed by atoms with Gasteiger partial charge in [-0.05, 0) is 50.3 Å². The van der Waals surface area contributed by atoms with Crippen molar-refractivity contribution < 1.29 is 9.53 Å². The van der Waals surface area contributed by atoms with E-state index in [0.29, 0.717) is 12.6 Å². The first kappa shape index (κ1) is 13.2. The quantitative estimate of drug-likeness (QED) is 0.624. The fourth-order valence-electron chi connectivity index (χ4n) is 3.24. The van der Waals surface area contributed by atoms with Crippen molar-refractivity contribution in [2.45, 2.75) is 32.2 Å². The lowest BCUT2D eigenvalue weighted by Gasteiger charge is -2.28. The molecule has 0 spiro atoms. The molecular formula is C16H20N2O2. The number of esters is 1. The number of anilines is 1. The Kier molecular flexibility index (Phi) is 3.72. The average Bonchev–Trinajstić information content (AvgIpc) is 3.08. The van der Waals surface area contributed by atoms with Crippen LogP contribution in [0.1, 0.15) is 31.9 Å². The average molecular weight is 272 g/mol. The number of hydrogen-bond donors (Lipinski definition) is 0. The maximum Gasteiger partial charge on any atom is 0.330 e. The molecule has 2 atom stereocenters. The maximum atomic E-state index is 11.3. The number of aromatic nitrogens is 1. The highest BCUT2D eigenvalue weighted by Gasteiger charge is 2.38. The van der Waals surface area contributed by atoms with Gasteiger partial charge in [-0.3, -0.25) is 0 Å². The van der Waals surface area contributed by atoms with E-state index in [0.717, 1.165) is 24.0 Å². The SMILES string of the molecule is CCOC(=O)/C=C/c1cccc(N2C[C@@H]3CC[C@H]2C3)n1. The van der Waals surface area contributed by atoms with Crippen LogP contribution in [0.2, 0.25) is 0 Å². The van der Waals surface area contributed by atoms with Gasteiger partial charge in [0.05, 0.1) is 12.3 Å². The maximum absolute atomic E-state index is 11.3. The molecule has 0 N–H and O–H groups in total. The zero-order valence-corrected chi connectivity index (χ0v) is 11.8. The summed E-state index contributed by atoms with van der Waals surface area (Å²) in [4.78, 5) is 18.4. The fraction of sp³-hybridized carbons (Fsp3) is 0.500. The normalized spacial score (nSPS) is 24.6. The van der Waals surface area contributed by atoms with E-state index in [1.807, 2.05) is 12.1 Å². The fourth-order valence-corrected chi connectivity index (χ4v) is 3.24. The van der Waals surface area contributed by atoms with E-state index in [9.17, 15) is 4.79 Å². The molecule has 2 aliphatic rings. The topological polar surface area (TPSA) is 42.4 Å². The minimum Gasteiger partial charge on any atom is -0.463 e. The van der Waals surface area contributed by atoms with Crippen molar-refractivity contribution in [2.24, 2.45) is 5.92 Å². The summed E-state index contributed by atoms with van der Waals surface area (Å²) < 4.78 is 4.87. The van der Waals surface area contributed by atoms with Crippen LogP contribution in [0.25, 0.3) is 6.08 Å². The Hall–Kier alpha value is -1.84. The van der Waals surface area contributed by atoms with Crippen LogP contribution in [0.15, 0.2) is 24.3 Å². The first-order valence-electron chi connectivity index (χ1n) is 7.35. The van der Waals surface area contributed by atoms with Crippen molar-refractivity contribution in [3.05, 3.63) is 30.0 Å². The molecule has 1 aliphatic heterocycles. The summed E-state index contributed by atoms with van der Waals surface area (Å²) in [5, 5.41) is 0. The first-order valence-corrected chi connectivity index (χ1v) is 7.35. The molecule has 0 aromatic carbocycles. The number of carbonyl (C=O) groups is 1. The van der Waals surface area contributed by atoms with Crippen LogP contribution in [-0.4, -0.2) is 30.1 Å². The lowest BCUT2D eigenvalue weighted by atomic mass is 10.1. The van der Waals surface area contributed by atoms with E-state index in [1.54, 1.807) is 13.0 Å². The molecule has 4 nitrogen and oxygen atoms in total. The molecule has 1 aromatic rings. The number of rotatable bonds is 4. The third-order valence-electron chi connectivity index (χ3n) is 4.14. The highest BCUT2D eigenvalue weighted by molar-refractivity contribution is 5.86. The van der Waals surface area contributed by atoms with Gasteiger partial charge in [0.15, 0.2) is 0 Å². The first-order chi connectivity index (χ1) is 9.76. The highest BCUT2D eigenvalue weighted by Crippen LogP contribution is 2.39. The lowest BCUT2D eigenvalue weighted by Crippen LogP contribution is -2.32. The third kappa shape index (κ3) is 2.69. The van der Waals surface area contributed by atoms with Crippen molar-refractivity contribution in [3.63, 3.8) is 0 Å². The number of ether oxygens (including phenoxy) is 1. The molecule has 2 fully saturated rings. The number of hydrogen-bond acceptors (Lipinski definition) is 4. The second-order valence-electron chi connectivity index (χ2n) is 5.49. The van der Waals surface area contributed by atoms with Gasteiger partial charge >= 0.3 is 5.97 Å². The minimum atomic E-state index is -0.320. The van der Waals surface area contributed by atoms with Gasteiger partial charge in [0, 0.05) is 18.7 Å². The standard InChI is InChI=1S/C16H20N2O2/c1-2-20-16(19)9-7-13-4-3-5-15(17-13)18-11-12-6-8-14(18)10-12/h3-5,7,9,12,14H,2,6,8,10-11H2,1H3/b9-7+/t12-,14+/m1/s1. The van der Waals surface area contributed by atoms with E-state index >= 15 is 0 Å². The van der Waals surface area contributed by atoms with Crippen LogP contribution in [0.4, 0.5) is 5.82 Å². The highest BCUT2D eigenvalue weighted by atomic mass is 16.5. The van der Waals surface area contributed by atoms with E-state index in [-0.39, 0.29) is 5.97 Å². The molecule has 2 bridgehead atoms. The second kappa shape index (κ2) is 5.65. The van der Waals surface area contributed by atoms with Gasteiger partial charge in [0.2, 0.25) is 0 Å². The Balaban J connectivity index is 1.71.